The van der Waals surface area contributed by atoms with Crippen LogP contribution in [0.3, 0.4) is 0 Å². The number of benzene rings is 2. The number of nitrogens with one attached hydrogen (secondary N) is 2. The summed E-state index contributed by atoms with van der Waals surface area (Å²) in [7, 11) is 0. The molecule has 5 heteroatoms. The minimum atomic E-state index is -0.994. The van der Waals surface area contributed by atoms with Gasteiger partial charge >= 0.3 is 0 Å². The quantitative estimate of drug-likeness (QED) is 0.785. The van der Waals surface area contributed by atoms with E-state index >= 15 is 0 Å². The van der Waals surface area contributed by atoms with Crippen LogP contribution in [0.15, 0.2) is 36.4 Å². The van der Waals surface area contributed by atoms with E-state index < -0.39 is 5.41 Å². The second-order valence-corrected chi connectivity index (χ2v) is 7.20. The van der Waals surface area contributed by atoms with Crippen molar-refractivity contribution in [2.75, 3.05) is 10.6 Å². The summed E-state index contributed by atoms with van der Waals surface area (Å²) in [6.07, 6.45) is 1.10. The Labute approximate surface area is 152 Å². The first kappa shape index (κ1) is 17.5. The number of anilines is 2. The van der Waals surface area contributed by atoms with Crippen LogP contribution in [0.1, 0.15) is 29.5 Å². The average molecular weight is 357 g/mol. The number of halogens is 1. The molecule has 1 aliphatic rings. The second kappa shape index (κ2) is 6.52. The number of carbonyl (C=O) groups is 2. The van der Waals surface area contributed by atoms with Crippen LogP contribution in [-0.2, 0) is 9.59 Å². The van der Waals surface area contributed by atoms with Crippen LogP contribution in [-0.4, -0.2) is 11.8 Å². The Morgan fingerprint density at radius 2 is 1.52 bits per heavy atom. The van der Waals surface area contributed by atoms with Gasteiger partial charge in [-0.3, -0.25) is 9.59 Å². The number of rotatable bonds is 4. The first-order chi connectivity index (χ1) is 11.8. The zero-order valence-corrected chi connectivity index (χ0v) is 15.3. The highest BCUT2D eigenvalue weighted by Gasteiger charge is 2.56. The van der Waals surface area contributed by atoms with Crippen molar-refractivity contribution in [1.82, 2.24) is 0 Å². The number of amides is 2. The van der Waals surface area contributed by atoms with Crippen molar-refractivity contribution in [2.24, 2.45) is 5.41 Å². The van der Waals surface area contributed by atoms with Crippen molar-refractivity contribution < 1.29 is 9.59 Å². The highest BCUT2D eigenvalue weighted by Crippen LogP contribution is 2.47. The van der Waals surface area contributed by atoms with Crippen LogP contribution in [0, 0.1) is 26.2 Å². The van der Waals surface area contributed by atoms with Gasteiger partial charge in [0.25, 0.3) is 0 Å². The third kappa shape index (κ3) is 3.54. The second-order valence-electron chi connectivity index (χ2n) is 6.77. The Kier molecular flexibility index (Phi) is 4.56. The van der Waals surface area contributed by atoms with Crippen molar-refractivity contribution in [1.29, 1.82) is 0 Å². The van der Waals surface area contributed by atoms with Gasteiger partial charge in [0.2, 0.25) is 11.8 Å². The highest BCUT2D eigenvalue weighted by molar-refractivity contribution is 6.31. The zero-order chi connectivity index (χ0) is 18.2. The number of carbonyl (C=O) groups excluding carboxylic acids is 2. The molecule has 4 nitrogen and oxygen atoms in total. The molecule has 0 unspecified atom stereocenters. The average Bonchev–Trinajstić information content (AvgIpc) is 3.35. The van der Waals surface area contributed by atoms with E-state index in [-0.39, 0.29) is 11.8 Å². The molecule has 3 rings (SSSR count). The van der Waals surface area contributed by atoms with E-state index in [0.29, 0.717) is 23.6 Å². The van der Waals surface area contributed by atoms with Crippen LogP contribution in [0.25, 0.3) is 0 Å². The molecule has 0 bridgehead atoms. The topological polar surface area (TPSA) is 58.2 Å². The van der Waals surface area contributed by atoms with Crippen LogP contribution in [0.2, 0.25) is 5.02 Å². The van der Waals surface area contributed by atoms with E-state index in [4.69, 9.17) is 11.6 Å². The van der Waals surface area contributed by atoms with E-state index in [1.54, 1.807) is 12.1 Å². The molecule has 0 saturated heterocycles. The fourth-order valence-corrected chi connectivity index (χ4v) is 3.02. The van der Waals surface area contributed by atoms with Gasteiger partial charge in [0.15, 0.2) is 0 Å². The molecule has 130 valence electrons. The lowest BCUT2D eigenvalue weighted by molar-refractivity contribution is -0.131. The lowest BCUT2D eigenvalue weighted by Crippen LogP contribution is -2.36. The van der Waals surface area contributed by atoms with Gasteiger partial charge in [0.05, 0.1) is 0 Å². The molecule has 0 atom stereocenters. The minimum Gasteiger partial charge on any atom is -0.325 e. The lowest BCUT2D eigenvalue weighted by atomic mass is 10.0. The summed E-state index contributed by atoms with van der Waals surface area (Å²) in [5.74, 6) is -0.531. The first-order valence-electron chi connectivity index (χ1n) is 8.28. The summed E-state index contributed by atoms with van der Waals surface area (Å²) in [6, 6.07) is 11.1. The number of hydrogen-bond donors (Lipinski definition) is 2. The molecule has 2 N–H and O–H groups in total. The smallest absolute Gasteiger partial charge is 0.240 e. The van der Waals surface area contributed by atoms with Crippen molar-refractivity contribution in [3.8, 4) is 0 Å². The summed E-state index contributed by atoms with van der Waals surface area (Å²) in [4.78, 5) is 25.4. The molecule has 1 saturated carbocycles. The Balaban J connectivity index is 1.75. The Morgan fingerprint density at radius 1 is 0.880 bits per heavy atom. The summed E-state index contributed by atoms with van der Waals surface area (Å²) in [5.41, 5.74) is 3.41. The summed E-state index contributed by atoms with van der Waals surface area (Å²) in [6.45, 7) is 5.83. The van der Waals surface area contributed by atoms with Gasteiger partial charge in [-0.2, -0.15) is 0 Å². The van der Waals surface area contributed by atoms with Gasteiger partial charge in [0.1, 0.15) is 5.41 Å². The Hall–Kier alpha value is -2.33. The SMILES string of the molecule is Cc1ccc(NC(=O)C2(C(=O)Nc3cc(Cl)ccc3C)CC2)c(C)c1. The van der Waals surface area contributed by atoms with Gasteiger partial charge in [-0.05, 0) is 62.9 Å². The molecule has 0 spiro atoms. The molecule has 25 heavy (non-hydrogen) atoms. The molecule has 0 heterocycles. The standard InChI is InChI=1S/C20H21ClN2O2/c1-12-4-7-16(14(3)10-12)22-18(24)20(8-9-20)19(25)23-17-11-15(21)6-5-13(17)2/h4-7,10-11H,8-9H2,1-3H3,(H,22,24)(H,23,25). The maximum Gasteiger partial charge on any atom is 0.240 e. The molecular weight excluding hydrogens is 336 g/mol. The van der Waals surface area contributed by atoms with Gasteiger partial charge in [-0.15, -0.1) is 0 Å². The highest BCUT2D eigenvalue weighted by atomic mass is 35.5. The van der Waals surface area contributed by atoms with Crippen LogP contribution < -0.4 is 10.6 Å². The predicted octanol–water partition coefficient (Wildman–Crippen LogP) is 4.62. The van der Waals surface area contributed by atoms with Gasteiger partial charge in [0, 0.05) is 16.4 Å². The molecular formula is C20H21ClN2O2. The molecule has 0 aromatic heterocycles. The van der Waals surface area contributed by atoms with Crippen molar-refractivity contribution in [3.05, 3.63) is 58.1 Å². The minimum absolute atomic E-state index is 0.253. The molecule has 1 fully saturated rings. The summed E-state index contributed by atoms with van der Waals surface area (Å²) < 4.78 is 0. The molecule has 2 amide bonds. The van der Waals surface area contributed by atoms with Gasteiger partial charge in [-0.25, -0.2) is 0 Å². The van der Waals surface area contributed by atoms with E-state index in [2.05, 4.69) is 10.6 Å². The lowest BCUT2D eigenvalue weighted by Gasteiger charge is -2.17. The third-order valence-electron chi connectivity index (χ3n) is 4.70. The van der Waals surface area contributed by atoms with E-state index in [1.807, 2.05) is 45.0 Å². The van der Waals surface area contributed by atoms with Crippen LogP contribution in [0.5, 0.6) is 0 Å². The monoisotopic (exact) mass is 356 g/mol. The normalized spacial score (nSPS) is 14.7. The number of aryl methyl sites for hydroxylation is 3. The molecule has 2 aromatic rings. The zero-order valence-electron chi connectivity index (χ0n) is 14.6. The first-order valence-corrected chi connectivity index (χ1v) is 8.66. The largest absolute Gasteiger partial charge is 0.325 e. The number of hydrogen-bond acceptors (Lipinski definition) is 2. The van der Waals surface area contributed by atoms with Crippen molar-refractivity contribution in [3.63, 3.8) is 0 Å². The van der Waals surface area contributed by atoms with E-state index in [1.165, 1.54) is 0 Å². The third-order valence-corrected chi connectivity index (χ3v) is 4.93. The van der Waals surface area contributed by atoms with E-state index in [9.17, 15) is 9.59 Å². The van der Waals surface area contributed by atoms with Crippen LogP contribution in [0.4, 0.5) is 11.4 Å². The van der Waals surface area contributed by atoms with Crippen molar-refractivity contribution >= 4 is 34.8 Å². The fourth-order valence-electron chi connectivity index (χ4n) is 2.85. The molecule has 2 aromatic carbocycles. The maximum atomic E-state index is 12.7. The van der Waals surface area contributed by atoms with Gasteiger partial charge in [-0.1, -0.05) is 35.4 Å². The summed E-state index contributed by atoms with van der Waals surface area (Å²) >= 11 is 6.00. The molecule has 0 radical (unpaired) electrons. The predicted molar refractivity (Wildman–Crippen MR) is 101 cm³/mol. The fraction of sp³-hybridized carbons (Fsp3) is 0.300. The van der Waals surface area contributed by atoms with Crippen molar-refractivity contribution in [2.45, 2.75) is 33.6 Å². The Bertz CT molecular complexity index is 857. The summed E-state index contributed by atoms with van der Waals surface area (Å²) in [5, 5.41) is 6.31. The van der Waals surface area contributed by atoms with Gasteiger partial charge < -0.3 is 10.6 Å². The Morgan fingerprint density at radius 3 is 2.12 bits per heavy atom. The molecule has 1 aliphatic carbocycles. The molecule has 0 aliphatic heterocycles. The van der Waals surface area contributed by atoms with E-state index in [0.717, 1.165) is 22.4 Å². The van der Waals surface area contributed by atoms with Crippen LogP contribution >= 0.6 is 11.6 Å². The maximum absolute atomic E-state index is 12.7.